The summed E-state index contributed by atoms with van der Waals surface area (Å²) in [4.78, 5) is 2.10. The predicted octanol–water partition coefficient (Wildman–Crippen LogP) is 4.69. The summed E-state index contributed by atoms with van der Waals surface area (Å²) >= 11 is 0. The van der Waals surface area contributed by atoms with Gasteiger partial charge in [-0.15, -0.1) is 0 Å². The van der Waals surface area contributed by atoms with E-state index < -0.39 is 11.7 Å². The summed E-state index contributed by atoms with van der Waals surface area (Å²) in [7, 11) is 0. The first-order valence-electron chi connectivity index (χ1n) is 7.53. The van der Waals surface area contributed by atoms with Crippen LogP contribution in [0.25, 0.3) is 0 Å². The standard InChI is InChI=1S/C16H23F3N2/c1-3-7-15(8-4-2)10-21(11-15)14-6-5-12(9-13(14)20)16(17,18)19/h5-6,9H,3-4,7-8,10-11,20H2,1-2H3. The summed E-state index contributed by atoms with van der Waals surface area (Å²) in [6.45, 7) is 6.13. The third-order valence-corrected chi connectivity index (χ3v) is 4.31. The number of nitrogens with two attached hydrogens (primary N) is 1. The number of halogens is 3. The van der Waals surface area contributed by atoms with Gasteiger partial charge in [-0.1, -0.05) is 26.7 Å². The molecular weight excluding hydrogens is 277 g/mol. The number of anilines is 2. The zero-order valence-corrected chi connectivity index (χ0v) is 12.6. The van der Waals surface area contributed by atoms with Crippen LogP contribution < -0.4 is 10.6 Å². The van der Waals surface area contributed by atoms with E-state index in [4.69, 9.17) is 5.73 Å². The van der Waals surface area contributed by atoms with Crippen molar-refractivity contribution in [1.29, 1.82) is 0 Å². The molecule has 2 rings (SSSR count). The van der Waals surface area contributed by atoms with Crippen LogP contribution in [-0.4, -0.2) is 13.1 Å². The largest absolute Gasteiger partial charge is 0.416 e. The molecule has 0 atom stereocenters. The van der Waals surface area contributed by atoms with Crippen molar-refractivity contribution in [1.82, 2.24) is 0 Å². The Morgan fingerprint density at radius 2 is 1.71 bits per heavy atom. The summed E-state index contributed by atoms with van der Waals surface area (Å²) in [6, 6.07) is 3.65. The molecule has 118 valence electrons. The zero-order chi connectivity index (χ0) is 15.7. The van der Waals surface area contributed by atoms with Crippen molar-refractivity contribution in [3.8, 4) is 0 Å². The molecule has 1 aromatic carbocycles. The molecule has 2 N–H and O–H groups in total. The Morgan fingerprint density at radius 1 is 1.14 bits per heavy atom. The smallest absolute Gasteiger partial charge is 0.397 e. The second-order valence-electron chi connectivity index (χ2n) is 6.13. The highest BCUT2D eigenvalue weighted by Crippen LogP contribution is 2.44. The summed E-state index contributed by atoms with van der Waals surface area (Å²) in [6.07, 6.45) is 0.262. The molecule has 1 heterocycles. The Hall–Kier alpha value is -1.39. The third-order valence-electron chi connectivity index (χ3n) is 4.31. The molecule has 5 heteroatoms. The quantitative estimate of drug-likeness (QED) is 0.799. The minimum Gasteiger partial charge on any atom is -0.397 e. The Morgan fingerprint density at radius 3 is 2.14 bits per heavy atom. The van der Waals surface area contributed by atoms with Crippen LogP contribution in [0.3, 0.4) is 0 Å². The topological polar surface area (TPSA) is 29.3 Å². The molecule has 0 saturated carbocycles. The van der Waals surface area contributed by atoms with E-state index in [0.29, 0.717) is 5.41 Å². The molecule has 0 spiro atoms. The molecule has 0 aliphatic carbocycles. The second kappa shape index (κ2) is 5.78. The van der Waals surface area contributed by atoms with E-state index >= 15 is 0 Å². The molecule has 1 aromatic rings. The van der Waals surface area contributed by atoms with E-state index in [1.807, 2.05) is 0 Å². The first kappa shape index (κ1) is 16.0. The van der Waals surface area contributed by atoms with Crippen molar-refractivity contribution in [3.05, 3.63) is 23.8 Å². The van der Waals surface area contributed by atoms with Gasteiger partial charge in [-0.25, -0.2) is 0 Å². The van der Waals surface area contributed by atoms with Crippen molar-refractivity contribution in [2.24, 2.45) is 5.41 Å². The molecule has 1 fully saturated rings. The lowest BCUT2D eigenvalue weighted by molar-refractivity contribution is -0.137. The van der Waals surface area contributed by atoms with Gasteiger partial charge in [0, 0.05) is 18.5 Å². The Kier molecular flexibility index (Phi) is 4.40. The minimum absolute atomic E-state index is 0.214. The average Bonchev–Trinajstić information content (AvgIpc) is 2.35. The van der Waals surface area contributed by atoms with Crippen LogP contribution in [0.15, 0.2) is 18.2 Å². The van der Waals surface area contributed by atoms with Crippen LogP contribution in [0.5, 0.6) is 0 Å². The number of benzene rings is 1. The number of hydrogen-bond acceptors (Lipinski definition) is 2. The van der Waals surface area contributed by atoms with Crippen molar-refractivity contribution in [3.63, 3.8) is 0 Å². The van der Waals surface area contributed by atoms with E-state index in [0.717, 1.165) is 56.6 Å². The van der Waals surface area contributed by atoms with E-state index in [1.165, 1.54) is 6.07 Å². The van der Waals surface area contributed by atoms with Crippen molar-refractivity contribution in [2.45, 2.75) is 45.7 Å². The van der Waals surface area contributed by atoms with Crippen LogP contribution in [-0.2, 0) is 6.18 Å². The van der Waals surface area contributed by atoms with E-state index in [-0.39, 0.29) is 5.69 Å². The van der Waals surface area contributed by atoms with Gasteiger partial charge >= 0.3 is 6.18 Å². The number of nitrogen functional groups attached to an aromatic ring is 1. The molecular formula is C16H23F3N2. The summed E-state index contributed by atoms with van der Waals surface area (Å²) in [5.74, 6) is 0. The van der Waals surface area contributed by atoms with E-state index in [1.54, 1.807) is 0 Å². The van der Waals surface area contributed by atoms with Gasteiger partial charge in [0.1, 0.15) is 0 Å². The first-order valence-corrected chi connectivity index (χ1v) is 7.53. The SMILES string of the molecule is CCCC1(CCC)CN(c2ccc(C(F)(F)F)cc2N)C1. The molecule has 21 heavy (non-hydrogen) atoms. The number of hydrogen-bond donors (Lipinski definition) is 1. The van der Waals surface area contributed by atoms with Crippen LogP contribution >= 0.6 is 0 Å². The maximum absolute atomic E-state index is 12.7. The fourth-order valence-corrected chi connectivity index (χ4v) is 3.45. The molecule has 0 aromatic heterocycles. The van der Waals surface area contributed by atoms with Crippen LogP contribution in [0.4, 0.5) is 24.5 Å². The molecule has 0 bridgehead atoms. The molecule has 1 aliphatic heterocycles. The van der Waals surface area contributed by atoms with Crippen molar-refractivity contribution < 1.29 is 13.2 Å². The van der Waals surface area contributed by atoms with Crippen LogP contribution in [0.2, 0.25) is 0 Å². The van der Waals surface area contributed by atoms with E-state index in [2.05, 4.69) is 18.7 Å². The number of alkyl halides is 3. The maximum Gasteiger partial charge on any atom is 0.416 e. The summed E-state index contributed by atoms with van der Waals surface area (Å²) < 4.78 is 38.0. The predicted molar refractivity (Wildman–Crippen MR) is 80.3 cm³/mol. The van der Waals surface area contributed by atoms with Gasteiger partial charge in [-0.3, -0.25) is 0 Å². The Labute approximate surface area is 124 Å². The first-order chi connectivity index (χ1) is 9.81. The molecule has 0 amide bonds. The van der Waals surface area contributed by atoms with Crippen LogP contribution in [0, 0.1) is 5.41 Å². The average molecular weight is 300 g/mol. The molecule has 1 aliphatic rings. The Bertz CT molecular complexity index is 483. The van der Waals surface area contributed by atoms with Gasteiger partial charge in [0.25, 0.3) is 0 Å². The lowest BCUT2D eigenvalue weighted by Crippen LogP contribution is -2.56. The van der Waals surface area contributed by atoms with Gasteiger partial charge in [-0.05, 0) is 31.0 Å². The molecule has 0 unspecified atom stereocenters. The summed E-state index contributed by atoms with van der Waals surface area (Å²) in [5, 5.41) is 0. The highest BCUT2D eigenvalue weighted by molar-refractivity contribution is 5.70. The molecule has 2 nitrogen and oxygen atoms in total. The van der Waals surface area contributed by atoms with Gasteiger partial charge in [-0.2, -0.15) is 13.2 Å². The molecule has 0 radical (unpaired) electrons. The monoisotopic (exact) mass is 300 g/mol. The zero-order valence-electron chi connectivity index (χ0n) is 12.6. The third kappa shape index (κ3) is 3.27. The van der Waals surface area contributed by atoms with Gasteiger partial charge in [0.15, 0.2) is 0 Å². The van der Waals surface area contributed by atoms with Crippen molar-refractivity contribution >= 4 is 11.4 Å². The maximum atomic E-state index is 12.7. The number of rotatable bonds is 5. The highest BCUT2D eigenvalue weighted by atomic mass is 19.4. The molecule has 1 saturated heterocycles. The summed E-state index contributed by atoms with van der Waals surface area (Å²) in [5.41, 5.74) is 6.40. The highest BCUT2D eigenvalue weighted by Gasteiger charge is 2.42. The van der Waals surface area contributed by atoms with Gasteiger partial charge < -0.3 is 10.6 Å². The lowest BCUT2D eigenvalue weighted by atomic mass is 9.72. The Balaban J connectivity index is 2.11. The van der Waals surface area contributed by atoms with Gasteiger partial charge in [0.2, 0.25) is 0 Å². The van der Waals surface area contributed by atoms with Gasteiger partial charge in [0.05, 0.1) is 16.9 Å². The van der Waals surface area contributed by atoms with E-state index in [9.17, 15) is 13.2 Å². The normalized spacial score (nSPS) is 17.7. The van der Waals surface area contributed by atoms with Crippen LogP contribution in [0.1, 0.15) is 45.1 Å². The van der Waals surface area contributed by atoms with Crippen molar-refractivity contribution in [2.75, 3.05) is 23.7 Å². The second-order valence-corrected chi connectivity index (χ2v) is 6.13. The fraction of sp³-hybridized carbons (Fsp3) is 0.625. The fourth-order valence-electron chi connectivity index (χ4n) is 3.45. The number of nitrogens with zero attached hydrogens (tertiary/aromatic N) is 1. The lowest BCUT2D eigenvalue weighted by Gasteiger charge is -2.52. The minimum atomic E-state index is -4.34.